The maximum Gasteiger partial charge on any atom is 0.274 e. The van der Waals surface area contributed by atoms with Gasteiger partial charge in [-0.3, -0.25) is 19.3 Å². The number of nitrogens with two attached hydrogens (primary N) is 1. The number of likely N-dealkylation sites (tertiary alicyclic amines) is 2. The zero-order valence-corrected chi connectivity index (χ0v) is 24.8. The molecule has 2 N–H and O–H groups in total. The van der Waals surface area contributed by atoms with Crippen LogP contribution in [0.3, 0.4) is 0 Å². The largest absolute Gasteiger partial charge is 0.381 e. The summed E-state index contributed by atoms with van der Waals surface area (Å²) in [6.07, 6.45) is 11.5. The lowest BCUT2D eigenvalue weighted by Gasteiger charge is -2.31. The average molecular weight is 570 g/mol. The number of aromatic nitrogens is 2. The highest BCUT2D eigenvalue weighted by Gasteiger charge is 2.50. The summed E-state index contributed by atoms with van der Waals surface area (Å²) >= 11 is 0. The van der Waals surface area contributed by atoms with Crippen molar-refractivity contribution in [3.8, 4) is 6.57 Å². The van der Waals surface area contributed by atoms with E-state index < -0.39 is 0 Å². The standard InChI is InChI=1S/C19H26N4O3.C7H14N2O.C3H6.CHN/c1-2-21-16(24)4-3-14-17(19(25)22-8-5-12-11-15(12)22)20-23(18(14)21)13-6-9-26-10-7-13;1-9-4-2-6(3-5-9)7(8)10;1-2-3-1;1-2/h12-13,15H,2-11H2,1H3;6H,2-5H2,1H3,(H2,8,10);1-3H2;1H. The van der Waals surface area contributed by atoms with Gasteiger partial charge in [-0.05, 0) is 77.9 Å². The van der Waals surface area contributed by atoms with Crippen LogP contribution in [-0.4, -0.2) is 89.8 Å². The molecule has 2 unspecified atom stereocenters. The number of nitrogens with zero attached hydrogens (tertiary/aromatic N) is 6. The Morgan fingerprint density at radius 3 is 2.20 bits per heavy atom. The van der Waals surface area contributed by atoms with Crippen molar-refractivity contribution in [1.82, 2.24) is 19.6 Å². The molecule has 41 heavy (non-hydrogen) atoms. The van der Waals surface area contributed by atoms with Gasteiger partial charge in [0.05, 0.1) is 6.04 Å². The van der Waals surface area contributed by atoms with Gasteiger partial charge in [-0.1, -0.05) is 19.3 Å². The van der Waals surface area contributed by atoms with Gasteiger partial charge in [-0.15, -0.1) is 0 Å². The molecule has 3 saturated heterocycles. The summed E-state index contributed by atoms with van der Waals surface area (Å²) in [6.45, 7) is 10.4. The topological polar surface area (TPSA) is 138 Å². The predicted molar refractivity (Wildman–Crippen MR) is 155 cm³/mol. The first-order valence-electron chi connectivity index (χ1n) is 15.4. The van der Waals surface area contributed by atoms with Crippen LogP contribution in [0.4, 0.5) is 5.82 Å². The van der Waals surface area contributed by atoms with Crippen molar-refractivity contribution in [2.24, 2.45) is 17.6 Å². The van der Waals surface area contributed by atoms with E-state index in [9.17, 15) is 14.4 Å². The number of hydrogen-bond donors (Lipinski definition) is 1. The summed E-state index contributed by atoms with van der Waals surface area (Å²) in [6, 6.07) is 0.630. The predicted octanol–water partition coefficient (Wildman–Crippen LogP) is 2.89. The molecule has 2 saturated carbocycles. The van der Waals surface area contributed by atoms with Crippen LogP contribution < -0.4 is 10.6 Å². The van der Waals surface area contributed by atoms with E-state index >= 15 is 0 Å². The highest BCUT2D eigenvalue weighted by Crippen LogP contribution is 2.45. The van der Waals surface area contributed by atoms with Crippen molar-refractivity contribution < 1.29 is 19.1 Å². The summed E-state index contributed by atoms with van der Waals surface area (Å²) in [4.78, 5) is 42.5. The highest BCUT2D eigenvalue weighted by molar-refractivity contribution is 6.01. The van der Waals surface area contributed by atoms with Crippen molar-refractivity contribution in [3.63, 3.8) is 0 Å². The molecule has 6 aliphatic rings. The van der Waals surface area contributed by atoms with Gasteiger partial charge < -0.3 is 20.3 Å². The summed E-state index contributed by atoms with van der Waals surface area (Å²) in [7, 11) is 2.07. The van der Waals surface area contributed by atoms with Gasteiger partial charge in [-0.2, -0.15) is 5.10 Å². The van der Waals surface area contributed by atoms with Crippen LogP contribution in [0.5, 0.6) is 0 Å². The molecule has 3 amide bonds. The van der Waals surface area contributed by atoms with E-state index in [4.69, 9.17) is 20.8 Å². The van der Waals surface area contributed by atoms with Crippen LogP contribution in [0, 0.1) is 23.7 Å². The van der Waals surface area contributed by atoms with E-state index in [-0.39, 0.29) is 29.7 Å². The van der Waals surface area contributed by atoms with Crippen molar-refractivity contribution >= 4 is 23.5 Å². The highest BCUT2D eigenvalue weighted by atomic mass is 16.5. The summed E-state index contributed by atoms with van der Waals surface area (Å²) in [5.41, 5.74) is 6.72. The van der Waals surface area contributed by atoms with Gasteiger partial charge in [0.1, 0.15) is 5.82 Å². The molecule has 5 heterocycles. The summed E-state index contributed by atoms with van der Waals surface area (Å²) in [5.74, 6) is 1.79. The second-order valence-corrected chi connectivity index (χ2v) is 12.0. The number of rotatable bonds is 4. The molecule has 11 nitrogen and oxygen atoms in total. The fourth-order valence-electron chi connectivity index (χ4n) is 6.22. The molecular weight excluding hydrogens is 522 g/mol. The maximum absolute atomic E-state index is 13.3. The van der Waals surface area contributed by atoms with Crippen LogP contribution in [0.15, 0.2) is 0 Å². The minimum Gasteiger partial charge on any atom is -0.381 e. The third-order valence-electron chi connectivity index (χ3n) is 8.94. The van der Waals surface area contributed by atoms with Gasteiger partial charge in [0.2, 0.25) is 11.8 Å². The van der Waals surface area contributed by atoms with E-state index in [0.717, 1.165) is 69.5 Å². The van der Waals surface area contributed by atoms with Gasteiger partial charge in [0, 0.05) is 56.8 Å². The number of primary amides is 1. The molecule has 0 aromatic carbocycles. The zero-order chi connectivity index (χ0) is 29.5. The first-order chi connectivity index (χ1) is 19.9. The SMILES string of the molecule is C#N.C1CC1.CCN1C(=O)CCc2c(C(=O)N3CCC4CC43)nn(C3CCOCC3)c21.CN1CCC(C(N)=O)CC1. The van der Waals surface area contributed by atoms with Crippen LogP contribution in [0.1, 0.15) is 93.2 Å². The molecule has 1 aromatic rings. The Kier molecular flexibility index (Phi) is 10.8. The number of anilines is 1. The molecule has 5 fully saturated rings. The third-order valence-corrected chi connectivity index (χ3v) is 8.94. The second kappa shape index (κ2) is 14.3. The normalized spacial score (nSPS) is 25.3. The van der Waals surface area contributed by atoms with E-state index in [2.05, 4.69) is 18.5 Å². The first kappa shape index (κ1) is 31.0. The number of ether oxygens (including phenoxy) is 1. The van der Waals surface area contributed by atoms with E-state index in [1.807, 2.05) is 21.4 Å². The van der Waals surface area contributed by atoms with Crippen LogP contribution in [0.25, 0.3) is 0 Å². The number of fused-ring (bicyclic) bond motifs is 2. The quantitative estimate of drug-likeness (QED) is 0.588. The molecule has 2 aliphatic carbocycles. The fourth-order valence-corrected chi connectivity index (χ4v) is 6.22. The minimum atomic E-state index is -0.131. The number of nitriles is 1. The molecule has 2 atom stereocenters. The Morgan fingerprint density at radius 2 is 1.68 bits per heavy atom. The van der Waals surface area contributed by atoms with E-state index in [1.165, 1.54) is 19.3 Å². The molecule has 0 spiro atoms. The minimum absolute atomic E-state index is 0.0717. The molecule has 4 aliphatic heterocycles. The summed E-state index contributed by atoms with van der Waals surface area (Å²) in [5, 5.41) is 11.3. The van der Waals surface area contributed by atoms with Gasteiger partial charge in [-0.25, -0.2) is 9.94 Å². The number of carbonyl (C=O) groups is 3. The number of carbonyl (C=O) groups excluding carboxylic acids is 3. The Balaban J connectivity index is 0.000000214. The molecular formula is C30H47N7O4. The monoisotopic (exact) mass is 569 g/mol. The molecule has 0 bridgehead atoms. The third kappa shape index (κ3) is 7.46. The second-order valence-electron chi connectivity index (χ2n) is 12.0. The molecule has 0 radical (unpaired) electrons. The number of hydrogen-bond acceptors (Lipinski definition) is 7. The Labute approximate surface area is 243 Å². The molecule has 1 aromatic heterocycles. The van der Waals surface area contributed by atoms with E-state index in [1.54, 1.807) is 0 Å². The lowest BCUT2D eigenvalue weighted by molar-refractivity contribution is -0.123. The van der Waals surface area contributed by atoms with Gasteiger partial charge in [0.15, 0.2) is 5.69 Å². The van der Waals surface area contributed by atoms with Crippen LogP contribution >= 0.6 is 0 Å². The molecule has 226 valence electrons. The molecule has 7 rings (SSSR count). The van der Waals surface area contributed by atoms with Gasteiger partial charge in [0.25, 0.3) is 5.91 Å². The Morgan fingerprint density at radius 1 is 1.02 bits per heavy atom. The zero-order valence-electron chi connectivity index (χ0n) is 24.8. The lowest BCUT2D eigenvalue weighted by atomic mass is 9.97. The summed E-state index contributed by atoms with van der Waals surface area (Å²) < 4.78 is 7.48. The van der Waals surface area contributed by atoms with Crippen molar-refractivity contribution in [1.29, 1.82) is 5.26 Å². The molecule has 11 heteroatoms. The number of amides is 3. The smallest absolute Gasteiger partial charge is 0.274 e. The maximum atomic E-state index is 13.3. The fraction of sp³-hybridized carbons (Fsp3) is 0.767. The number of piperidine rings is 2. The van der Waals surface area contributed by atoms with Crippen molar-refractivity contribution in [2.75, 3.05) is 51.3 Å². The Hall–Kier alpha value is -2.97. The van der Waals surface area contributed by atoms with Crippen molar-refractivity contribution in [3.05, 3.63) is 11.3 Å². The van der Waals surface area contributed by atoms with Crippen LogP contribution in [-0.2, 0) is 20.7 Å². The Bertz CT molecular complexity index is 1080. The van der Waals surface area contributed by atoms with Crippen LogP contribution in [0.2, 0.25) is 0 Å². The average Bonchev–Trinajstić information content (AvgIpc) is 3.95. The first-order valence-corrected chi connectivity index (χ1v) is 15.4. The lowest BCUT2D eigenvalue weighted by Crippen LogP contribution is -2.37. The van der Waals surface area contributed by atoms with Gasteiger partial charge >= 0.3 is 0 Å². The van der Waals surface area contributed by atoms with Crippen molar-refractivity contribution in [2.45, 2.75) is 89.6 Å². The van der Waals surface area contributed by atoms with E-state index in [0.29, 0.717) is 50.3 Å².